The van der Waals surface area contributed by atoms with E-state index in [0.29, 0.717) is 5.92 Å². The van der Waals surface area contributed by atoms with Crippen LogP contribution in [0.2, 0.25) is 0 Å². The van der Waals surface area contributed by atoms with Crippen molar-refractivity contribution < 1.29 is 9.53 Å². The monoisotopic (exact) mass is 247 g/mol. The van der Waals surface area contributed by atoms with Crippen LogP contribution < -0.4 is 5.32 Å². The quantitative estimate of drug-likeness (QED) is 0.835. The maximum Gasteiger partial charge on any atom is 0.324 e. The Labute approximate surface area is 109 Å². The summed E-state index contributed by atoms with van der Waals surface area (Å²) in [5.41, 5.74) is 1.04. The van der Waals surface area contributed by atoms with Gasteiger partial charge in [-0.05, 0) is 37.8 Å². The number of benzene rings is 1. The molecule has 3 unspecified atom stereocenters. The van der Waals surface area contributed by atoms with Crippen molar-refractivity contribution in [3.63, 3.8) is 0 Å². The van der Waals surface area contributed by atoms with Crippen molar-refractivity contribution in [1.29, 1.82) is 0 Å². The van der Waals surface area contributed by atoms with E-state index in [1.165, 1.54) is 0 Å². The molecule has 1 aromatic rings. The number of hydrogen-bond acceptors (Lipinski definition) is 3. The summed E-state index contributed by atoms with van der Waals surface area (Å²) in [6.45, 7) is 4.93. The lowest BCUT2D eigenvalue weighted by Gasteiger charge is -2.29. The van der Waals surface area contributed by atoms with Crippen molar-refractivity contribution in [2.75, 3.05) is 6.54 Å². The molecule has 3 nitrogen and oxygen atoms in total. The predicted molar refractivity (Wildman–Crippen MR) is 71.1 cm³/mol. The van der Waals surface area contributed by atoms with Gasteiger partial charge in [-0.25, -0.2) is 0 Å². The zero-order valence-corrected chi connectivity index (χ0v) is 11.1. The molecular formula is C15H21NO2. The highest BCUT2D eigenvalue weighted by Crippen LogP contribution is 2.21. The summed E-state index contributed by atoms with van der Waals surface area (Å²) in [5.74, 6) is 0.229. The van der Waals surface area contributed by atoms with Crippen molar-refractivity contribution in [1.82, 2.24) is 5.32 Å². The highest BCUT2D eigenvalue weighted by atomic mass is 16.5. The van der Waals surface area contributed by atoms with Gasteiger partial charge in [-0.3, -0.25) is 4.79 Å². The highest BCUT2D eigenvalue weighted by Gasteiger charge is 2.29. The largest absolute Gasteiger partial charge is 0.457 e. The van der Waals surface area contributed by atoms with Gasteiger partial charge in [0.1, 0.15) is 12.1 Å². The molecule has 0 bridgehead atoms. The first-order valence-corrected chi connectivity index (χ1v) is 6.67. The molecular weight excluding hydrogens is 226 g/mol. The molecule has 3 heteroatoms. The Hall–Kier alpha value is -1.35. The van der Waals surface area contributed by atoms with Crippen LogP contribution in [0.5, 0.6) is 0 Å². The summed E-state index contributed by atoms with van der Waals surface area (Å²) in [6, 6.07) is 9.70. The van der Waals surface area contributed by atoms with Gasteiger partial charge in [0.15, 0.2) is 0 Å². The van der Waals surface area contributed by atoms with Crippen molar-refractivity contribution in [3.05, 3.63) is 35.9 Å². The number of carbonyl (C=O) groups is 1. The van der Waals surface area contributed by atoms with Crippen molar-refractivity contribution >= 4 is 5.97 Å². The molecule has 1 aliphatic rings. The predicted octanol–water partition coefficient (Wildman–Crippen LogP) is 2.68. The van der Waals surface area contributed by atoms with E-state index in [2.05, 4.69) is 12.2 Å². The number of carbonyl (C=O) groups excluding carboxylic acids is 1. The van der Waals surface area contributed by atoms with E-state index in [0.717, 1.165) is 24.9 Å². The standard InChI is InChI=1S/C15H21NO2/c1-11-7-6-10-16-14(11)15(17)18-12(2)13-8-4-3-5-9-13/h3-5,8-9,11-12,14,16H,6-7,10H2,1-2H3. The molecule has 0 aromatic heterocycles. The summed E-state index contributed by atoms with van der Waals surface area (Å²) in [6.07, 6.45) is 2.04. The van der Waals surface area contributed by atoms with Gasteiger partial charge in [0.05, 0.1) is 0 Å². The van der Waals surface area contributed by atoms with E-state index in [4.69, 9.17) is 4.74 Å². The minimum atomic E-state index is -0.186. The zero-order valence-electron chi connectivity index (χ0n) is 11.1. The molecule has 1 heterocycles. The number of piperidine rings is 1. The van der Waals surface area contributed by atoms with E-state index in [1.807, 2.05) is 37.3 Å². The van der Waals surface area contributed by atoms with E-state index < -0.39 is 0 Å². The zero-order chi connectivity index (χ0) is 13.0. The molecule has 1 aromatic carbocycles. The first-order chi connectivity index (χ1) is 8.68. The maximum atomic E-state index is 12.1. The van der Waals surface area contributed by atoms with Gasteiger partial charge in [-0.15, -0.1) is 0 Å². The Kier molecular flexibility index (Phi) is 4.37. The third-order valence-electron chi connectivity index (χ3n) is 3.59. The van der Waals surface area contributed by atoms with E-state index in [1.54, 1.807) is 0 Å². The fourth-order valence-electron chi connectivity index (χ4n) is 2.40. The molecule has 1 saturated heterocycles. The molecule has 0 amide bonds. The first-order valence-electron chi connectivity index (χ1n) is 6.67. The Bertz CT molecular complexity index is 391. The molecule has 0 radical (unpaired) electrons. The number of rotatable bonds is 3. The molecule has 0 saturated carbocycles. The average molecular weight is 247 g/mol. The number of hydrogen-bond donors (Lipinski definition) is 1. The second-order valence-electron chi connectivity index (χ2n) is 5.04. The first kappa shape index (κ1) is 13.1. The van der Waals surface area contributed by atoms with Gasteiger partial charge in [0.2, 0.25) is 0 Å². The van der Waals surface area contributed by atoms with Crippen molar-refractivity contribution in [2.45, 2.75) is 38.8 Å². The van der Waals surface area contributed by atoms with Crippen LogP contribution in [0.4, 0.5) is 0 Å². The van der Waals surface area contributed by atoms with Crippen LogP contribution in [-0.2, 0) is 9.53 Å². The number of nitrogens with one attached hydrogen (secondary N) is 1. The molecule has 0 spiro atoms. The second-order valence-corrected chi connectivity index (χ2v) is 5.04. The smallest absolute Gasteiger partial charge is 0.324 e. The number of esters is 1. The second kappa shape index (κ2) is 6.01. The Balaban J connectivity index is 1.94. The van der Waals surface area contributed by atoms with Crippen LogP contribution in [0.1, 0.15) is 38.4 Å². The summed E-state index contributed by atoms with van der Waals surface area (Å²) < 4.78 is 5.54. The van der Waals surface area contributed by atoms with Crippen LogP contribution >= 0.6 is 0 Å². The lowest BCUT2D eigenvalue weighted by Crippen LogP contribution is -2.46. The Morgan fingerprint density at radius 2 is 2.11 bits per heavy atom. The summed E-state index contributed by atoms with van der Waals surface area (Å²) in [7, 11) is 0. The SMILES string of the molecule is CC(OC(=O)C1NCCCC1C)c1ccccc1. The summed E-state index contributed by atoms with van der Waals surface area (Å²) >= 11 is 0. The van der Waals surface area contributed by atoms with Crippen LogP contribution in [0.15, 0.2) is 30.3 Å². The third-order valence-corrected chi connectivity index (χ3v) is 3.59. The van der Waals surface area contributed by atoms with Crippen LogP contribution in [0, 0.1) is 5.92 Å². The highest BCUT2D eigenvalue weighted by molar-refractivity contribution is 5.76. The number of ether oxygens (including phenoxy) is 1. The molecule has 0 aliphatic carbocycles. The Morgan fingerprint density at radius 1 is 1.39 bits per heavy atom. The molecule has 1 fully saturated rings. The van der Waals surface area contributed by atoms with Crippen molar-refractivity contribution in [3.8, 4) is 0 Å². The lowest BCUT2D eigenvalue weighted by molar-refractivity contribution is -0.153. The maximum absolute atomic E-state index is 12.1. The van der Waals surface area contributed by atoms with Gasteiger partial charge in [0, 0.05) is 0 Å². The molecule has 1 aliphatic heterocycles. The minimum absolute atomic E-state index is 0.126. The van der Waals surface area contributed by atoms with Crippen molar-refractivity contribution in [2.24, 2.45) is 5.92 Å². The van der Waals surface area contributed by atoms with Crippen LogP contribution in [0.3, 0.4) is 0 Å². The normalized spacial score (nSPS) is 25.4. The van der Waals surface area contributed by atoms with Gasteiger partial charge < -0.3 is 10.1 Å². The molecule has 98 valence electrons. The molecule has 1 N–H and O–H groups in total. The van der Waals surface area contributed by atoms with Crippen LogP contribution in [-0.4, -0.2) is 18.6 Å². The van der Waals surface area contributed by atoms with Gasteiger partial charge in [-0.1, -0.05) is 37.3 Å². The lowest BCUT2D eigenvalue weighted by atomic mass is 9.93. The Morgan fingerprint density at radius 3 is 2.78 bits per heavy atom. The minimum Gasteiger partial charge on any atom is -0.457 e. The van der Waals surface area contributed by atoms with Gasteiger partial charge in [-0.2, -0.15) is 0 Å². The molecule has 18 heavy (non-hydrogen) atoms. The topological polar surface area (TPSA) is 38.3 Å². The molecule has 3 atom stereocenters. The van der Waals surface area contributed by atoms with Gasteiger partial charge in [0.25, 0.3) is 0 Å². The van der Waals surface area contributed by atoms with E-state index in [9.17, 15) is 4.79 Å². The average Bonchev–Trinajstić information content (AvgIpc) is 2.40. The summed E-state index contributed by atoms with van der Waals surface area (Å²) in [5, 5.41) is 3.25. The molecule has 2 rings (SSSR count). The summed E-state index contributed by atoms with van der Waals surface area (Å²) in [4.78, 5) is 12.1. The fraction of sp³-hybridized carbons (Fsp3) is 0.533. The van der Waals surface area contributed by atoms with Crippen LogP contribution in [0.25, 0.3) is 0 Å². The van der Waals surface area contributed by atoms with E-state index >= 15 is 0 Å². The third kappa shape index (κ3) is 3.10. The fourth-order valence-corrected chi connectivity index (χ4v) is 2.40. The van der Waals surface area contributed by atoms with E-state index in [-0.39, 0.29) is 18.1 Å². The van der Waals surface area contributed by atoms with Gasteiger partial charge >= 0.3 is 5.97 Å².